The van der Waals surface area contributed by atoms with Crippen LogP contribution in [0.3, 0.4) is 0 Å². The van der Waals surface area contributed by atoms with E-state index in [9.17, 15) is 36.2 Å². The molecule has 0 amide bonds. The standard InChI is InChI=1S/C4H2F6O2.Na/c5-1(6)3(7,2(11)12)4(8,9)10;/h1H,(H,11,12);/q;+1/p-1. The molecule has 0 aliphatic heterocycles. The maximum Gasteiger partial charge on any atom is 1.00 e. The Balaban J connectivity index is 0. The molecule has 1 unspecified atom stereocenters. The number of alkyl halides is 6. The van der Waals surface area contributed by atoms with E-state index in [4.69, 9.17) is 0 Å². The minimum atomic E-state index is -6.18. The summed E-state index contributed by atoms with van der Waals surface area (Å²) in [6, 6.07) is 0. The molecule has 0 aromatic rings. The van der Waals surface area contributed by atoms with Gasteiger partial charge in [-0.2, -0.15) is 13.2 Å². The first-order chi connectivity index (χ1) is 5.14. The quantitative estimate of drug-likeness (QED) is 0.373. The van der Waals surface area contributed by atoms with Gasteiger partial charge in [-0.3, -0.25) is 0 Å². The number of aliphatic carboxylic acids is 1. The average molecular weight is 218 g/mol. The Hall–Kier alpha value is 0.0500. The predicted octanol–water partition coefficient (Wildman–Crippen LogP) is -2.72. The van der Waals surface area contributed by atoms with Crippen LogP contribution in [-0.2, 0) is 4.79 Å². The third kappa shape index (κ3) is 2.75. The number of hydrogen-bond donors (Lipinski definition) is 0. The second-order valence-corrected chi connectivity index (χ2v) is 1.80. The minimum absolute atomic E-state index is 0. The zero-order valence-electron chi connectivity index (χ0n) is 6.16. The summed E-state index contributed by atoms with van der Waals surface area (Å²) in [5.74, 6) is -3.50. The largest absolute Gasteiger partial charge is 1.00 e. The van der Waals surface area contributed by atoms with E-state index in [1.807, 2.05) is 0 Å². The Labute approximate surface area is 90.2 Å². The smallest absolute Gasteiger partial charge is 0.546 e. The predicted molar refractivity (Wildman–Crippen MR) is 20.9 cm³/mol. The van der Waals surface area contributed by atoms with E-state index < -0.39 is 24.2 Å². The molecule has 0 aliphatic rings. The number of hydrogen-bond acceptors (Lipinski definition) is 2. The Bertz CT molecular complexity index is 192. The van der Waals surface area contributed by atoms with Gasteiger partial charge in [0.1, 0.15) is 0 Å². The maximum absolute atomic E-state index is 12.0. The van der Waals surface area contributed by atoms with Crippen LogP contribution in [0.25, 0.3) is 0 Å². The molecule has 0 radical (unpaired) electrons. The first kappa shape index (κ1) is 15.5. The Kier molecular flexibility index (Phi) is 5.39. The van der Waals surface area contributed by atoms with Gasteiger partial charge in [0, 0.05) is 0 Å². The number of carboxylic acid groups (broad SMARTS) is 1. The third-order valence-corrected chi connectivity index (χ3v) is 1.01. The van der Waals surface area contributed by atoms with Crippen molar-refractivity contribution >= 4 is 5.97 Å². The Morgan fingerprint density at radius 2 is 1.46 bits per heavy atom. The van der Waals surface area contributed by atoms with E-state index in [1.165, 1.54) is 0 Å². The molecular weight excluding hydrogens is 217 g/mol. The normalized spacial score (nSPS) is 16.2. The van der Waals surface area contributed by atoms with Crippen molar-refractivity contribution in [3.05, 3.63) is 0 Å². The summed E-state index contributed by atoms with van der Waals surface area (Å²) in [6.07, 6.45) is -10.9. The van der Waals surface area contributed by atoms with Crippen LogP contribution in [0.4, 0.5) is 26.3 Å². The van der Waals surface area contributed by atoms with Crippen molar-refractivity contribution in [1.29, 1.82) is 0 Å². The molecule has 0 aromatic carbocycles. The van der Waals surface area contributed by atoms with E-state index in [0.29, 0.717) is 0 Å². The molecule has 0 saturated carbocycles. The second kappa shape index (κ2) is 4.52. The van der Waals surface area contributed by atoms with Crippen LogP contribution in [0.15, 0.2) is 0 Å². The van der Waals surface area contributed by atoms with Crippen LogP contribution in [-0.4, -0.2) is 24.2 Å². The van der Waals surface area contributed by atoms with Crippen molar-refractivity contribution in [2.75, 3.05) is 0 Å². The Morgan fingerprint density at radius 3 is 1.46 bits per heavy atom. The molecule has 0 heterocycles. The van der Waals surface area contributed by atoms with Gasteiger partial charge >= 0.3 is 41.4 Å². The monoisotopic (exact) mass is 218 g/mol. The molecule has 13 heavy (non-hydrogen) atoms. The first-order valence-electron chi connectivity index (χ1n) is 2.39. The van der Waals surface area contributed by atoms with Crippen LogP contribution in [0.1, 0.15) is 0 Å². The number of carbonyl (C=O) groups is 1. The molecule has 0 bridgehead atoms. The molecule has 1 atom stereocenters. The van der Waals surface area contributed by atoms with E-state index in [0.717, 1.165) is 0 Å². The van der Waals surface area contributed by atoms with E-state index >= 15 is 0 Å². The van der Waals surface area contributed by atoms with Gasteiger partial charge in [-0.1, -0.05) is 0 Å². The summed E-state index contributed by atoms with van der Waals surface area (Å²) in [7, 11) is 0. The van der Waals surface area contributed by atoms with E-state index in [-0.39, 0.29) is 29.6 Å². The third-order valence-electron chi connectivity index (χ3n) is 1.01. The van der Waals surface area contributed by atoms with Crippen LogP contribution >= 0.6 is 0 Å². The van der Waals surface area contributed by atoms with Gasteiger partial charge in [0.15, 0.2) is 0 Å². The topological polar surface area (TPSA) is 40.1 Å². The molecule has 9 heteroatoms. The molecule has 0 rings (SSSR count). The van der Waals surface area contributed by atoms with Gasteiger partial charge in [0.25, 0.3) is 6.43 Å². The Morgan fingerprint density at radius 1 is 1.15 bits per heavy atom. The van der Waals surface area contributed by atoms with E-state index in [2.05, 4.69) is 0 Å². The molecule has 0 spiro atoms. The van der Waals surface area contributed by atoms with Gasteiger partial charge in [0.2, 0.25) is 0 Å². The number of carbonyl (C=O) groups excluding carboxylic acids is 1. The van der Waals surface area contributed by atoms with Crippen molar-refractivity contribution < 1.29 is 65.8 Å². The van der Waals surface area contributed by atoms with Gasteiger partial charge < -0.3 is 9.90 Å². The van der Waals surface area contributed by atoms with E-state index in [1.54, 1.807) is 0 Å². The number of halogens is 6. The summed E-state index contributed by atoms with van der Waals surface area (Å²) < 4.78 is 68.6. The number of rotatable bonds is 2. The van der Waals surface area contributed by atoms with Crippen LogP contribution < -0.4 is 34.7 Å². The second-order valence-electron chi connectivity index (χ2n) is 1.80. The molecule has 0 N–H and O–H groups in total. The van der Waals surface area contributed by atoms with Crippen molar-refractivity contribution in [1.82, 2.24) is 0 Å². The molecule has 0 aromatic heterocycles. The molecule has 0 saturated heterocycles. The summed E-state index contributed by atoms with van der Waals surface area (Å²) in [4.78, 5) is 9.42. The van der Waals surface area contributed by atoms with Crippen LogP contribution in [0, 0.1) is 0 Å². The van der Waals surface area contributed by atoms with Crippen molar-refractivity contribution in [3.63, 3.8) is 0 Å². The molecule has 72 valence electrons. The molecule has 2 nitrogen and oxygen atoms in total. The molecular formula is C4HF6NaO2. The molecule has 0 fully saturated rings. The van der Waals surface area contributed by atoms with Crippen LogP contribution in [0.5, 0.6) is 0 Å². The summed E-state index contributed by atoms with van der Waals surface area (Å²) in [5, 5.41) is 9.42. The zero-order valence-corrected chi connectivity index (χ0v) is 8.16. The van der Waals surface area contributed by atoms with Gasteiger partial charge in [-0.25, -0.2) is 13.2 Å². The summed E-state index contributed by atoms with van der Waals surface area (Å²) in [6.45, 7) is 0. The van der Waals surface area contributed by atoms with Crippen molar-refractivity contribution in [2.24, 2.45) is 0 Å². The van der Waals surface area contributed by atoms with Gasteiger partial charge in [-0.05, 0) is 0 Å². The minimum Gasteiger partial charge on any atom is -0.546 e. The fourth-order valence-corrected chi connectivity index (χ4v) is 0.329. The van der Waals surface area contributed by atoms with Gasteiger partial charge in [0.05, 0.1) is 5.97 Å². The fourth-order valence-electron chi connectivity index (χ4n) is 0.329. The number of carboxylic acids is 1. The average Bonchev–Trinajstić information content (AvgIpc) is 1.82. The maximum atomic E-state index is 12.0. The summed E-state index contributed by atoms with van der Waals surface area (Å²) in [5.41, 5.74) is -5.59. The van der Waals surface area contributed by atoms with Crippen molar-refractivity contribution in [3.8, 4) is 0 Å². The fraction of sp³-hybridized carbons (Fsp3) is 0.750. The summed E-state index contributed by atoms with van der Waals surface area (Å²) >= 11 is 0. The molecule has 0 aliphatic carbocycles. The zero-order chi connectivity index (χ0) is 10.2. The van der Waals surface area contributed by atoms with Crippen molar-refractivity contribution in [2.45, 2.75) is 18.3 Å². The van der Waals surface area contributed by atoms with Crippen LogP contribution in [0.2, 0.25) is 0 Å². The SMILES string of the molecule is O=C([O-])C(F)(C(F)F)C(F)(F)F.[Na+]. The van der Waals surface area contributed by atoms with Gasteiger partial charge in [-0.15, -0.1) is 0 Å². The first-order valence-corrected chi connectivity index (χ1v) is 2.39.